The lowest BCUT2D eigenvalue weighted by Crippen LogP contribution is -2.01. The van der Waals surface area contributed by atoms with Gasteiger partial charge < -0.3 is 15.8 Å². The SMILES string of the molecule is CCOc1cccc(Nc2ccc(S(C)(=O)=O)cc2N)c1. The van der Waals surface area contributed by atoms with Crippen LogP contribution in [-0.2, 0) is 9.84 Å². The zero-order valence-electron chi connectivity index (χ0n) is 12.0. The Balaban J connectivity index is 2.26. The zero-order chi connectivity index (χ0) is 15.5. The molecule has 3 N–H and O–H groups in total. The van der Waals surface area contributed by atoms with Gasteiger partial charge >= 0.3 is 0 Å². The topological polar surface area (TPSA) is 81.4 Å². The Morgan fingerprint density at radius 1 is 1.19 bits per heavy atom. The largest absolute Gasteiger partial charge is 0.494 e. The average Bonchev–Trinajstić information content (AvgIpc) is 2.41. The average molecular weight is 306 g/mol. The van der Waals surface area contributed by atoms with Gasteiger partial charge in [0, 0.05) is 18.0 Å². The summed E-state index contributed by atoms with van der Waals surface area (Å²) in [6.45, 7) is 2.51. The molecule has 21 heavy (non-hydrogen) atoms. The van der Waals surface area contributed by atoms with Gasteiger partial charge in [0.15, 0.2) is 9.84 Å². The molecule has 0 unspecified atom stereocenters. The van der Waals surface area contributed by atoms with Crippen LogP contribution in [0.25, 0.3) is 0 Å². The monoisotopic (exact) mass is 306 g/mol. The van der Waals surface area contributed by atoms with Crippen molar-refractivity contribution in [3.05, 3.63) is 42.5 Å². The molecule has 0 bridgehead atoms. The molecule has 6 heteroatoms. The summed E-state index contributed by atoms with van der Waals surface area (Å²) in [5.41, 5.74) is 7.75. The lowest BCUT2D eigenvalue weighted by atomic mass is 10.2. The fourth-order valence-corrected chi connectivity index (χ4v) is 2.53. The highest BCUT2D eigenvalue weighted by Gasteiger charge is 2.09. The van der Waals surface area contributed by atoms with Gasteiger partial charge in [0.1, 0.15) is 5.75 Å². The molecule has 0 aliphatic carbocycles. The molecule has 0 radical (unpaired) electrons. The number of nitrogens with two attached hydrogens (primary N) is 1. The maximum atomic E-state index is 11.5. The Labute approximate surface area is 124 Å². The van der Waals surface area contributed by atoms with E-state index < -0.39 is 9.84 Å². The molecule has 2 aromatic rings. The smallest absolute Gasteiger partial charge is 0.175 e. The summed E-state index contributed by atoms with van der Waals surface area (Å²) in [6.07, 6.45) is 1.15. The predicted molar refractivity (Wildman–Crippen MR) is 84.9 cm³/mol. The number of hydrogen-bond acceptors (Lipinski definition) is 5. The molecule has 0 fully saturated rings. The summed E-state index contributed by atoms with van der Waals surface area (Å²) < 4.78 is 28.4. The highest BCUT2D eigenvalue weighted by Crippen LogP contribution is 2.27. The van der Waals surface area contributed by atoms with Crippen LogP contribution in [0.1, 0.15) is 6.92 Å². The molecule has 0 atom stereocenters. The van der Waals surface area contributed by atoms with E-state index >= 15 is 0 Å². The molecule has 2 aromatic carbocycles. The molecule has 0 amide bonds. The summed E-state index contributed by atoms with van der Waals surface area (Å²) in [6, 6.07) is 12.1. The number of ether oxygens (including phenoxy) is 1. The van der Waals surface area contributed by atoms with Crippen molar-refractivity contribution in [2.24, 2.45) is 0 Å². The first kappa shape index (κ1) is 15.2. The maximum Gasteiger partial charge on any atom is 0.175 e. The zero-order valence-corrected chi connectivity index (χ0v) is 12.8. The van der Waals surface area contributed by atoms with E-state index in [0.717, 1.165) is 17.7 Å². The first-order valence-electron chi connectivity index (χ1n) is 6.49. The van der Waals surface area contributed by atoms with Gasteiger partial charge in [0.05, 0.1) is 22.9 Å². The van der Waals surface area contributed by atoms with Crippen LogP contribution in [0, 0.1) is 0 Å². The first-order valence-corrected chi connectivity index (χ1v) is 8.39. The molecule has 0 heterocycles. The molecule has 0 saturated carbocycles. The quantitative estimate of drug-likeness (QED) is 0.830. The van der Waals surface area contributed by atoms with Gasteiger partial charge in [0.25, 0.3) is 0 Å². The second kappa shape index (κ2) is 6.05. The number of hydrogen-bond donors (Lipinski definition) is 2. The Hall–Kier alpha value is -2.21. The third-order valence-corrected chi connectivity index (χ3v) is 3.99. The highest BCUT2D eigenvalue weighted by atomic mass is 32.2. The van der Waals surface area contributed by atoms with Crippen molar-refractivity contribution in [2.45, 2.75) is 11.8 Å². The minimum absolute atomic E-state index is 0.202. The minimum atomic E-state index is -3.26. The molecule has 0 aliphatic heterocycles. The van der Waals surface area contributed by atoms with Gasteiger partial charge in [-0.1, -0.05) is 6.07 Å². The second-order valence-electron chi connectivity index (χ2n) is 4.61. The highest BCUT2D eigenvalue weighted by molar-refractivity contribution is 7.90. The molecule has 5 nitrogen and oxygen atoms in total. The molecule has 0 aliphatic rings. The fourth-order valence-electron chi connectivity index (χ4n) is 1.87. The number of benzene rings is 2. The number of anilines is 3. The Morgan fingerprint density at radius 2 is 1.95 bits per heavy atom. The molecule has 0 spiro atoms. The van der Waals surface area contributed by atoms with Crippen LogP contribution in [0.3, 0.4) is 0 Å². The van der Waals surface area contributed by atoms with Crippen LogP contribution in [0.15, 0.2) is 47.4 Å². The Morgan fingerprint density at radius 3 is 2.57 bits per heavy atom. The Bertz CT molecular complexity index is 742. The normalized spacial score (nSPS) is 11.1. The predicted octanol–water partition coefficient (Wildman–Crippen LogP) is 2.81. The number of nitrogen functional groups attached to an aromatic ring is 1. The van der Waals surface area contributed by atoms with Crippen molar-refractivity contribution in [1.29, 1.82) is 0 Å². The van der Waals surface area contributed by atoms with Crippen LogP contribution in [0.5, 0.6) is 5.75 Å². The molecule has 0 saturated heterocycles. The Kier molecular flexibility index (Phi) is 4.37. The standard InChI is InChI=1S/C15H18N2O3S/c1-3-20-12-6-4-5-11(9-12)17-15-8-7-13(10-14(15)16)21(2,18)19/h4-10,17H,3,16H2,1-2H3. The number of rotatable bonds is 5. The van der Waals surface area contributed by atoms with Gasteiger partial charge in [-0.05, 0) is 37.3 Å². The van der Waals surface area contributed by atoms with E-state index in [9.17, 15) is 8.42 Å². The third kappa shape index (κ3) is 3.88. The van der Waals surface area contributed by atoms with Crippen LogP contribution in [0.4, 0.5) is 17.1 Å². The number of sulfone groups is 1. The van der Waals surface area contributed by atoms with Crippen molar-refractivity contribution in [3.63, 3.8) is 0 Å². The summed E-state index contributed by atoms with van der Waals surface area (Å²) >= 11 is 0. The van der Waals surface area contributed by atoms with E-state index in [4.69, 9.17) is 10.5 Å². The van der Waals surface area contributed by atoms with E-state index in [1.165, 1.54) is 12.1 Å². The van der Waals surface area contributed by atoms with Crippen molar-refractivity contribution in [3.8, 4) is 5.75 Å². The van der Waals surface area contributed by atoms with Gasteiger partial charge in [-0.25, -0.2) is 8.42 Å². The van der Waals surface area contributed by atoms with Gasteiger partial charge in [-0.15, -0.1) is 0 Å². The van der Waals surface area contributed by atoms with Crippen LogP contribution in [-0.4, -0.2) is 21.3 Å². The lowest BCUT2D eigenvalue weighted by molar-refractivity contribution is 0.340. The molecule has 112 valence electrons. The molecular formula is C15H18N2O3S. The maximum absolute atomic E-state index is 11.5. The van der Waals surface area contributed by atoms with E-state index in [1.807, 2.05) is 31.2 Å². The summed E-state index contributed by atoms with van der Waals surface area (Å²) in [5.74, 6) is 0.758. The molecular weight excluding hydrogens is 288 g/mol. The summed E-state index contributed by atoms with van der Waals surface area (Å²) in [4.78, 5) is 0.202. The van der Waals surface area contributed by atoms with E-state index in [1.54, 1.807) is 6.07 Å². The van der Waals surface area contributed by atoms with Crippen LogP contribution >= 0.6 is 0 Å². The first-order chi connectivity index (χ1) is 9.90. The van der Waals surface area contributed by atoms with E-state index in [2.05, 4.69) is 5.32 Å². The number of nitrogens with one attached hydrogen (secondary N) is 1. The second-order valence-corrected chi connectivity index (χ2v) is 6.62. The third-order valence-electron chi connectivity index (χ3n) is 2.88. The molecule has 0 aromatic heterocycles. The van der Waals surface area contributed by atoms with Gasteiger partial charge in [-0.2, -0.15) is 0 Å². The summed E-state index contributed by atoms with van der Waals surface area (Å²) in [5, 5.41) is 3.15. The minimum Gasteiger partial charge on any atom is -0.494 e. The van der Waals surface area contributed by atoms with Gasteiger partial charge in [-0.3, -0.25) is 0 Å². The van der Waals surface area contributed by atoms with E-state index in [0.29, 0.717) is 18.0 Å². The van der Waals surface area contributed by atoms with Crippen LogP contribution in [0.2, 0.25) is 0 Å². The van der Waals surface area contributed by atoms with Crippen molar-refractivity contribution >= 4 is 26.9 Å². The summed E-state index contributed by atoms with van der Waals surface area (Å²) in [7, 11) is -3.26. The van der Waals surface area contributed by atoms with Crippen molar-refractivity contribution in [2.75, 3.05) is 23.9 Å². The fraction of sp³-hybridized carbons (Fsp3) is 0.200. The van der Waals surface area contributed by atoms with Crippen molar-refractivity contribution in [1.82, 2.24) is 0 Å². The van der Waals surface area contributed by atoms with E-state index in [-0.39, 0.29) is 4.90 Å². The van der Waals surface area contributed by atoms with Gasteiger partial charge in [0.2, 0.25) is 0 Å². The van der Waals surface area contributed by atoms with Crippen molar-refractivity contribution < 1.29 is 13.2 Å². The van der Waals surface area contributed by atoms with Crippen LogP contribution < -0.4 is 15.8 Å². The lowest BCUT2D eigenvalue weighted by Gasteiger charge is -2.12. The molecule has 2 rings (SSSR count).